The molecule has 8 heteroatoms. The molecule has 5 rings (SSSR count). The molecular formula is C25H24FN3O3S. The van der Waals surface area contributed by atoms with Crippen LogP contribution in [0.1, 0.15) is 18.1 Å². The number of amidine groups is 1. The van der Waals surface area contributed by atoms with E-state index >= 15 is 0 Å². The fourth-order valence-electron chi connectivity index (χ4n) is 4.33. The molecule has 1 saturated heterocycles. The van der Waals surface area contributed by atoms with Crippen LogP contribution in [-0.2, 0) is 10.0 Å². The molecule has 0 amide bonds. The van der Waals surface area contributed by atoms with Gasteiger partial charge in [-0.15, -0.1) is 0 Å². The van der Waals surface area contributed by atoms with Gasteiger partial charge in [0.15, 0.2) is 5.75 Å². The van der Waals surface area contributed by atoms with Gasteiger partial charge in [0.2, 0.25) is 10.0 Å². The summed E-state index contributed by atoms with van der Waals surface area (Å²) in [5.74, 6) is 1.58. The predicted octanol–water partition coefficient (Wildman–Crippen LogP) is 4.71. The lowest BCUT2D eigenvalue weighted by molar-refractivity contribution is 0.205. The number of para-hydroxylation sites is 2. The highest BCUT2D eigenvalue weighted by Gasteiger charge is 2.36. The van der Waals surface area contributed by atoms with E-state index in [2.05, 4.69) is 4.90 Å². The first-order valence-electron chi connectivity index (χ1n) is 10.8. The van der Waals surface area contributed by atoms with E-state index in [0.29, 0.717) is 24.6 Å². The van der Waals surface area contributed by atoms with E-state index in [1.807, 2.05) is 56.3 Å². The molecule has 0 saturated carbocycles. The molecule has 33 heavy (non-hydrogen) atoms. The summed E-state index contributed by atoms with van der Waals surface area (Å²) in [4.78, 5) is 7.01. The fourth-order valence-corrected chi connectivity index (χ4v) is 5.98. The second kappa shape index (κ2) is 8.28. The standard InChI is InChI=1S/C25H24FN3O3S/c1-17-10-11-23-21(14-17)25(27-22-8-3-4-9-24(22)32-23)28-12-13-29(18(2)16-28)33(30,31)20-7-5-6-19(26)15-20/h3-11,14-15,18H,12-13,16H2,1-2H3/t18-/m0/s1. The van der Waals surface area contributed by atoms with E-state index in [1.54, 1.807) is 0 Å². The summed E-state index contributed by atoms with van der Waals surface area (Å²) in [6.45, 7) is 5.04. The Morgan fingerprint density at radius 3 is 2.61 bits per heavy atom. The molecule has 2 heterocycles. The Balaban J connectivity index is 1.49. The highest BCUT2D eigenvalue weighted by Crippen LogP contribution is 2.38. The van der Waals surface area contributed by atoms with Crippen molar-refractivity contribution in [2.75, 3.05) is 19.6 Å². The molecule has 0 radical (unpaired) electrons. The minimum atomic E-state index is -3.81. The summed E-state index contributed by atoms with van der Waals surface area (Å²) in [6, 6.07) is 18.4. The molecule has 1 fully saturated rings. The quantitative estimate of drug-likeness (QED) is 0.550. The Morgan fingerprint density at radius 2 is 1.82 bits per heavy atom. The SMILES string of the molecule is Cc1ccc2c(c1)C(N1CCN(S(=O)(=O)c3cccc(F)c3)[C@@H](C)C1)=Nc1ccccc1O2. The second-order valence-electron chi connectivity index (χ2n) is 8.37. The van der Waals surface area contributed by atoms with E-state index in [0.717, 1.165) is 28.7 Å². The highest BCUT2D eigenvalue weighted by atomic mass is 32.2. The molecule has 2 aliphatic heterocycles. The molecule has 3 aromatic carbocycles. The molecule has 0 aliphatic carbocycles. The zero-order chi connectivity index (χ0) is 23.2. The van der Waals surface area contributed by atoms with Crippen LogP contribution in [0.15, 0.2) is 76.6 Å². The van der Waals surface area contributed by atoms with Crippen molar-refractivity contribution in [3.05, 3.63) is 83.7 Å². The first kappa shape index (κ1) is 21.6. The highest BCUT2D eigenvalue weighted by molar-refractivity contribution is 7.89. The first-order valence-corrected chi connectivity index (χ1v) is 12.3. The lowest BCUT2D eigenvalue weighted by atomic mass is 10.1. The van der Waals surface area contributed by atoms with Crippen LogP contribution in [0.2, 0.25) is 0 Å². The Morgan fingerprint density at radius 1 is 1.00 bits per heavy atom. The summed E-state index contributed by atoms with van der Waals surface area (Å²) < 4.78 is 47.7. The summed E-state index contributed by atoms with van der Waals surface area (Å²) in [6.07, 6.45) is 0. The van der Waals surface area contributed by atoms with Gasteiger partial charge in [-0.1, -0.05) is 29.8 Å². The van der Waals surface area contributed by atoms with Gasteiger partial charge >= 0.3 is 0 Å². The molecule has 3 aromatic rings. The maximum atomic E-state index is 13.7. The van der Waals surface area contributed by atoms with Crippen molar-refractivity contribution in [3.8, 4) is 11.5 Å². The largest absolute Gasteiger partial charge is 0.454 e. The number of ether oxygens (including phenoxy) is 1. The van der Waals surface area contributed by atoms with Gasteiger partial charge in [0.1, 0.15) is 23.1 Å². The number of fused-ring (bicyclic) bond motifs is 2. The number of benzene rings is 3. The van der Waals surface area contributed by atoms with Crippen LogP contribution < -0.4 is 4.74 Å². The molecule has 2 aliphatic rings. The van der Waals surface area contributed by atoms with E-state index in [9.17, 15) is 12.8 Å². The van der Waals surface area contributed by atoms with Crippen molar-refractivity contribution in [3.63, 3.8) is 0 Å². The summed E-state index contributed by atoms with van der Waals surface area (Å²) in [5.41, 5.74) is 2.68. The Bertz CT molecular complexity index is 1360. The number of aryl methyl sites for hydroxylation is 1. The summed E-state index contributed by atoms with van der Waals surface area (Å²) >= 11 is 0. The van der Waals surface area contributed by atoms with Gasteiger partial charge in [0, 0.05) is 25.7 Å². The molecule has 0 spiro atoms. The van der Waals surface area contributed by atoms with Gasteiger partial charge in [-0.2, -0.15) is 4.31 Å². The smallest absolute Gasteiger partial charge is 0.243 e. The van der Waals surface area contributed by atoms with Gasteiger partial charge in [-0.05, 0) is 56.3 Å². The average molecular weight is 466 g/mol. The van der Waals surface area contributed by atoms with Crippen molar-refractivity contribution in [1.29, 1.82) is 0 Å². The summed E-state index contributed by atoms with van der Waals surface area (Å²) in [7, 11) is -3.81. The van der Waals surface area contributed by atoms with E-state index in [-0.39, 0.29) is 17.5 Å². The number of hydrogen-bond acceptors (Lipinski definition) is 5. The third kappa shape index (κ3) is 4.00. The maximum Gasteiger partial charge on any atom is 0.243 e. The van der Waals surface area contributed by atoms with E-state index in [4.69, 9.17) is 9.73 Å². The van der Waals surface area contributed by atoms with Gasteiger partial charge in [-0.25, -0.2) is 17.8 Å². The number of halogens is 1. The third-order valence-electron chi connectivity index (χ3n) is 5.96. The van der Waals surface area contributed by atoms with Crippen LogP contribution in [0, 0.1) is 12.7 Å². The first-order chi connectivity index (χ1) is 15.8. The molecule has 170 valence electrons. The number of hydrogen-bond donors (Lipinski definition) is 0. The van der Waals surface area contributed by atoms with E-state index < -0.39 is 15.8 Å². The molecule has 0 unspecified atom stereocenters. The minimum Gasteiger partial charge on any atom is -0.454 e. The number of sulfonamides is 1. The Kier molecular flexibility index (Phi) is 5.42. The van der Waals surface area contributed by atoms with Crippen molar-refractivity contribution < 1.29 is 17.5 Å². The lowest BCUT2D eigenvalue weighted by Gasteiger charge is -2.40. The van der Waals surface area contributed by atoms with Crippen LogP contribution in [-0.4, -0.2) is 49.1 Å². The van der Waals surface area contributed by atoms with Gasteiger partial charge in [0.25, 0.3) is 0 Å². The predicted molar refractivity (Wildman–Crippen MR) is 125 cm³/mol. The zero-order valence-corrected chi connectivity index (χ0v) is 19.2. The van der Waals surface area contributed by atoms with Gasteiger partial charge in [0.05, 0.1) is 10.5 Å². The topological polar surface area (TPSA) is 62.2 Å². The molecule has 0 bridgehead atoms. The molecular weight excluding hydrogens is 441 g/mol. The number of aliphatic imine (C=N–C) groups is 1. The molecule has 1 atom stereocenters. The van der Waals surface area contributed by atoms with Crippen LogP contribution in [0.25, 0.3) is 0 Å². The number of rotatable bonds is 2. The van der Waals surface area contributed by atoms with Crippen molar-refractivity contribution >= 4 is 21.5 Å². The van der Waals surface area contributed by atoms with Crippen LogP contribution >= 0.6 is 0 Å². The van der Waals surface area contributed by atoms with Gasteiger partial charge < -0.3 is 9.64 Å². The molecule has 0 N–H and O–H groups in total. The van der Waals surface area contributed by atoms with Gasteiger partial charge in [-0.3, -0.25) is 0 Å². The molecule has 0 aromatic heterocycles. The van der Waals surface area contributed by atoms with Crippen molar-refractivity contribution in [2.45, 2.75) is 24.8 Å². The van der Waals surface area contributed by atoms with E-state index in [1.165, 1.54) is 22.5 Å². The minimum absolute atomic E-state index is 0.0297. The zero-order valence-electron chi connectivity index (χ0n) is 18.4. The summed E-state index contributed by atoms with van der Waals surface area (Å²) in [5, 5.41) is 0. The lowest BCUT2D eigenvalue weighted by Crippen LogP contribution is -2.55. The second-order valence-corrected chi connectivity index (χ2v) is 10.3. The van der Waals surface area contributed by atoms with Crippen LogP contribution in [0.5, 0.6) is 11.5 Å². The third-order valence-corrected chi connectivity index (χ3v) is 7.97. The van der Waals surface area contributed by atoms with Crippen molar-refractivity contribution in [2.24, 2.45) is 4.99 Å². The number of piperazine rings is 1. The Hall–Kier alpha value is -3.23. The molecule has 6 nitrogen and oxygen atoms in total. The van der Waals surface area contributed by atoms with Crippen LogP contribution in [0.3, 0.4) is 0 Å². The fraction of sp³-hybridized carbons (Fsp3) is 0.240. The normalized spacial score (nSPS) is 18.6. The Labute approximate surface area is 193 Å². The number of nitrogens with zero attached hydrogens (tertiary/aromatic N) is 3. The van der Waals surface area contributed by atoms with Crippen molar-refractivity contribution in [1.82, 2.24) is 9.21 Å². The average Bonchev–Trinajstić information content (AvgIpc) is 2.95. The maximum absolute atomic E-state index is 13.7. The van der Waals surface area contributed by atoms with Crippen LogP contribution in [0.4, 0.5) is 10.1 Å². The monoisotopic (exact) mass is 465 g/mol.